The van der Waals surface area contributed by atoms with Gasteiger partial charge >= 0.3 is 0 Å². The van der Waals surface area contributed by atoms with Crippen molar-refractivity contribution in [3.8, 4) is 0 Å². The van der Waals surface area contributed by atoms with E-state index in [9.17, 15) is 9.59 Å². The van der Waals surface area contributed by atoms with Crippen LogP contribution in [0.2, 0.25) is 0 Å². The van der Waals surface area contributed by atoms with Gasteiger partial charge < -0.3 is 15.1 Å². The highest BCUT2D eigenvalue weighted by molar-refractivity contribution is 9.10. The highest BCUT2D eigenvalue weighted by Crippen LogP contribution is 2.23. The van der Waals surface area contributed by atoms with Crippen molar-refractivity contribution in [1.29, 1.82) is 0 Å². The van der Waals surface area contributed by atoms with Gasteiger partial charge in [-0.2, -0.15) is 0 Å². The highest BCUT2D eigenvalue weighted by Gasteiger charge is 2.17. The van der Waals surface area contributed by atoms with E-state index in [1.807, 2.05) is 18.2 Å². The number of carbonyl (C=O) groups is 2. The molecule has 6 heteroatoms. The molecule has 1 aliphatic heterocycles. The maximum absolute atomic E-state index is 11.8. The monoisotopic (exact) mass is 348 g/mol. The number of benzene rings is 1. The minimum atomic E-state index is -0.237. The summed E-state index contributed by atoms with van der Waals surface area (Å²) < 4.78 is 5.71. The third-order valence-electron chi connectivity index (χ3n) is 3.29. The van der Waals surface area contributed by atoms with Gasteiger partial charge in [0.2, 0.25) is 5.91 Å². The number of carbonyl (C=O) groups excluding carboxylic acids is 2. The van der Waals surface area contributed by atoms with Crippen molar-refractivity contribution < 1.29 is 14.0 Å². The molecule has 5 nitrogen and oxygen atoms in total. The van der Waals surface area contributed by atoms with Gasteiger partial charge in [0.15, 0.2) is 10.4 Å². The van der Waals surface area contributed by atoms with Crippen LogP contribution < -0.4 is 10.6 Å². The summed E-state index contributed by atoms with van der Waals surface area (Å²) in [5, 5.41) is 5.60. The Morgan fingerprint density at radius 1 is 1.33 bits per heavy atom. The highest BCUT2D eigenvalue weighted by atomic mass is 79.9. The average Bonchev–Trinajstić information content (AvgIpc) is 3.03. The Morgan fingerprint density at radius 3 is 2.95 bits per heavy atom. The van der Waals surface area contributed by atoms with Gasteiger partial charge in [0, 0.05) is 12.2 Å². The molecular formula is C15H13BrN2O3. The molecule has 3 rings (SSSR count). The zero-order chi connectivity index (χ0) is 14.8. The lowest BCUT2D eigenvalue weighted by molar-refractivity contribution is -0.115. The smallest absolute Gasteiger partial charge is 0.287 e. The average molecular weight is 349 g/mol. The van der Waals surface area contributed by atoms with E-state index in [2.05, 4.69) is 26.6 Å². The number of fused-ring (bicyclic) bond motifs is 1. The van der Waals surface area contributed by atoms with E-state index < -0.39 is 0 Å². The number of furan rings is 1. The van der Waals surface area contributed by atoms with E-state index in [4.69, 9.17) is 4.42 Å². The molecule has 0 saturated heterocycles. The van der Waals surface area contributed by atoms with Crippen molar-refractivity contribution in [2.45, 2.75) is 12.8 Å². The van der Waals surface area contributed by atoms with E-state index in [1.54, 1.807) is 12.1 Å². The zero-order valence-electron chi connectivity index (χ0n) is 11.1. The molecule has 2 heterocycles. The molecular weight excluding hydrogens is 336 g/mol. The van der Waals surface area contributed by atoms with Crippen molar-refractivity contribution >= 4 is 33.4 Å². The van der Waals surface area contributed by atoms with Crippen LogP contribution in [0.1, 0.15) is 21.7 Å². The van der Waals surface area contributed by atoms with E-state index in [0.29, 0.717) is 24.1 Å². The second-order valence-corrected chi connectivity index (χ2v) is 5.61. The molecule has 0 saturated carbocycles. The van der Waals surface area contributed by atoms with Crippen LogP contribution in [0, 0.1) is 0 Å². The summed E-state index contributed by atoms with van der Waals surface area (Å²) in [7, 11) is 0. The van der Waals surface area contributed by atoms with Crippen LogP contribution in [0.5, 0.6) is 0 Å². The summed E-state index contributed by atoms with van der Waals surface area (Å²) in [6, 6.07) is 9.16. The molecule has 1 aliphatic rings. The molecule has 0 aliphatic carbocycles. The summed E-state index contributed by atoms with van der Waals surface area (Å²) >= 11 is 3.16. The van der Waals surface area contributed by atoms with E-state index >= 15 is 0 Å². The predicted octanol–water partition coefficient (Wildman–Crippen LogP) is 2.51. The molecule has 0 atom stereocenters. The summed E-state index contributed by atoms with van der Waals surface area (Å²) in [4.78, 5) is 23.1. The molecule has 0 spiro atoms. The standard InChI is InChI=1S/C15H13BrN2O3/c16-13-4-3-12(21-13)15(20)17-6-5-9-1-2-11-10(7-9)8-14(19)18-11/h1-4,7H,5-6,8H2,(H,17,20)(H,18,19). The molecule has 2 N–H and O–H groups in total. The Kier molecular flexibility index (Phi) is 3.79. The number of hydrogen-bond acceptors (Lipinski definition) is 3. The Bertz CT molecular complexity index is 709. The van der Waals surface area contributed by atoms with E-state index in [1.165, 1.54) is 0 Å². The molecule has 21 heavy (non-hydrogen) atoms. The fraction of sp³-hybridized carbons (Fsp3) is 0.200. The minimum absolute atomic E-state index is 0.0267. The first-order valence-electron chi connectivity index (χ1n) is 6.57. The fourth-order valence-corrected chi connectivity index (χ4v) is 2.59. The van der Waals surface area contributed by atoms with Crippen LogP contribution in [-0.2, 0) is 17.6 Å². The third-order valence-corrected chi connectivity index (χ3v) is 3.72. The topological polar surface area (TPSA) is 71.3 Å². The normalized spacial score (nSPS) is 12.9. The molecule has 1 aromatic heterocycles. The number of amides is 2. The van der Waals surface area contributed by atoms with Gasteiger partial charge in [-0.3, -0.25) is 9.59 Å². The number of anilines is 1. The van der Waals surface area contributed by atoms with Crippen LogP contribution in [0.15, 0.2) is 39.4 Å². The molecule has 0 fully saturated rings. The van der Waals surface area contributed by atoms with Crippen molar-refractivity contribution in [3.05, 3.63) is 51.9 Å². The van der Waals surface area contributed by atoms with Crippen LogP contribution in [0.25, 0.3) is 0 Å². The molecule has 0 unspecified atom stereocenters. The van der Waals surface area contributed by atoms with Gasteiger partial charge in [-0.25, -0.2) is 0 Å². The van der Waals surface area contributed by atoms with Gasteiger partial charge in [-0.05, 0) is 51.7 Å². The van der Waals surface area contributed by atoms with Gasteiger partial charge in [-0.1, -0.05) is 12.1 Å². The lowest BCUT2D eigenvalue weighted by Crippen LogP contribution is -2.25. The quantitative estimate of drug-likeness (QED) is 0.891. The largest absolute Gasteiger partial charge is 0.444 e. The summed E-state index contributed by atoms with van der Waals surface area (Å²) in [5.74, 6) is 0.0724. The second kappa shape index (κ2) is 5.73. The van der Waals surface area contributed by atoms with Crippen LogP contribution >= 0.6 is 15.9 Å². The summed E-state index contributed by atoms with van der Waals surface area (Å²) in [5.41, 5.74) is 2.98. The predicted molar refractivity (Wildman–Crippen MR) is 81.2 cm³/mol. The van der Waals surface area contributed by atoms with Gasteiger partial charge in [-0.15, -0.1) is 0 Å². The fourth-order valence-electron chi connectivity index (χ4n) is 2.28. The van der Waals surface area contributed by atoms with E-state index in [0.717, 1.165) is 16.8 Å². The molecule has 0 bridgehead atoms. The van der Waals surface area contributed by atoms with Gasteiger partial charge in [0.05, 0.1) is 6.42 Å². The first-order valence-corrected chi connectivity index (χ1v) is 7.36. The van der Waals surface area contributed by atoms with Crippen molar-refractivity contribution in [2.75, 3.05) is 11.9 Å². The van der Waals surface area contributed by atoms with E-state index in [-0.39, 0.29) is 17.6 Å². The SMILES string of the molecule is O=C1Cc2cc(CCNC(=O)c3ccc(Br)o3)ccc2N1. The summed E-state index contributed by atoms with van der Waals surface area (Å²) in [6.45, 7) is 0.511. The van der Waals surface area contributed by atoms with Crippen LogP contribution in [0.3, 0.4) is 0 Å². The number of halogens is 1. The summed E-state index contributed by atoms with van der Waals surface area (Å²) in [6.07, 6.45) is 1.13. The third kappa shape index (κ3) is 3.16. The van der Waals surface area contributed by atoms with Crippen molar-refractivity contribution in [1.82, 2.24) is 5.32 Å². The molecule has 108 valence electrons. The Morgan fingerprint density at radius 2 is 2.19 bits per heavy atom. The number of nitrogens with one attached hydrogen (secondary N) is 2. The maximum atomic E-state index is 11.8. The Labute approximate surface area is 129 Å². The lowest BCUT2D eigenvalue weighted by atomic mass is 10.1. The number of rotatable bonds is 4. The zero-order valence-corrected chi connectivity index (χ0v) is 12.7. The maximum Gasteiger partial charge on any atom is 0.287 e. The molecule has 2 amide bonds. The lowest BCUT2D eigenvalue weighted by Gasteiger charge is -2.05. The Balaban J connectivity index is 1.55. The first kappa shape index (κ1) is 13.9. The second-order valence-electron chi connectivity index (χ2n) is 4.83. The first-order chi connectivity index (χ1) is 10.1. The Hall–Kier alpha value is -2.08. The number of hydrogen-bond donors (Lipinski definition) is 2. The van der Waals surface area contributed by atoms with Gasteiger partial charge in [0.25, 0.3) is 5.91 Å². The van der Waals surface area contributed by atoms with Crippen LogP contribution in [-0.4, -0.2) is 18.4 Å². The van der Waals surface area contributed by atoms with Crippen molar-refractivity contribution in [3.63, 3.8) is 0 Å². The molecule has 0 radical (unpaired) electrons. The van der Waals surface area contributed by atoms with Crippen molar-refractivity contribution in [2.24, 2.45) is 0 Å². The van der Waals surface area contributed by atoms with Crippen LogP contribution in [0.4, 0.5) is 5.69 Å². The molecule has 1 aromatic carbocycles. The molecule has 2 aromatic rings. The van der Waals surface area contributed by atoms with Gasteiger partial charge in [0.1, 0.15) is 0 Å². The minimum Gasteiger partial charge on any atom is -0.444 e.